The van der Waals surface area contributed by atoms with Gasteiger partial charge in [-0.3, -0.25) is 9.59 Å². The van der Waals surface area contributed by atoms with Crippen LogP contribution in [0.2, 0.25) is 0 Å². The maximum Gasteiger partial charge on any atom is 0.306 e. The lowest BCUT2D eigenvalue weighted by atomic mass is 9.99. The predicted molar refractivity (Wildman–Crippen MR) is 238 cm³/mol. The Morgan fingerprint density at radius 2 is 1.00 bits per heavy atom. The van der Waals surface area contributed by atoms with Crippen molar-refractivity contribution in [2.75, 3.05) is 19.8 Å². The third-order valence-corrected chi connectivity index (χ3v) is 10.1. The van der Waals surface area contributed by atoms with Crippen molar-refractivity contribution in [3.8, 4) is 0 Å². The summed E-state index contributed by atoms with van der Waals surface area (Å²) in [6.07, 6.45) is 41.9. The van der Waals surface area contributed by atoms with Gasteiger partial charge in [0.05, 0.1) is 13.2 Å². The topological polar surface area (TPSA) is 152 Å². The molecule has 0 aromatic heterocycles. The van der Waals surface area contributed by atoms with Gasteiger partial charge in [0, 0.05) is 12.8 Å². The Hall–Kier alpha value is -2.86. The average Bonchev–Trinajstić information content (AvgIpc) is 3.23. The second kappa shape index (κ2) is 39.3. The zero-order valence-corrected chi connectivity index (χ0v) is 36.7. The third kappa shape index (κ3) is 30.8. The number of unbranched alkanes of at least 4 members (excludes halogenated alkanes) is 14. The monoisotopic (exact) mass is 831 g/mol. The number of aliphatic hydroxyl groups excluding tert-OH is 4. The summed E-state index contributed by atoms with van der Waals surface area (Å²) in [5, 5.41) is 40.1. The smallest absolute Gasteiger partial charge is 0.306 e. The van der Waals surface area contributed by atoms with Gasteiger partial charge in [0.25, 0.3) is 0 Å². The average molecular weight is 831 g/mol. The van der Waals surface area contributed by atoms with E-state index in [-0.39, 0.29) is 26.1 Å². The molecule has 1 aliphatic heterocycles. The van der Waals surface area contributed by atoms with Gasteiger partial charge in [-0.1, -0.05) is 145 Å². The van der Waals surface area contributed by atoms with Crippen LogP contribution >= 0.6 is 0 Å². The summed E-state index contributed by atoms with van der Waals surface area (Å²) in [4.78, 5) is 25.3. The molecule has 6 atom stereocenters. The summed E-state index contributed by atoms with van der Waals surface area (Å²) < 4.78 is 22.1. The summed E-state index contributed by atoms with van der Waals surface area (Å²) >= 11 is 0. The maximum absolute atomic E-state index is 12.8. The number of hydrogen-bond acceptors (Lipinski definition) is 10. The van der Waals surface area contributed by atoms with Crippen LogP contribution in [-0.4, -0.2) is 89.0 Å². The zero-order valence-electron chi connectivity index (χ0n) is 36.7. The van der Waals surface area contributed by atoms with Crippen LogP contribution in [0.1, 0.15) is 168 Å². The van der Waals surface area contributed by atoms with Crippen molar-refractivity contribution in [3.05, 3.63) is 72.9 Å². The predicted octanol–water partition coefficient (Wildman–Crippen LogP) is 10.00. The second-order valence-electron chi connectivity index (χ2n) is 15.5. The molecular formula is C49H82O10. The minimum absolute atomic E-state index is 0.173. The first-order valence-corrected chi connectivity index (χ1v) is 23.0. The van der Waals surface area contributed by atoms with Crippen molar-refractivity contribution in [1.29, 1.82) is 0 Å². The molecule has 0 aromatic carbocycles. The fraction of sp³-hybridized carbons (Fsp3) is 0.714. The molecule has 0 bridgehead atoms. The number of carbonyl (C=O) groups excluding carboxylic acids is 2. The van der Waals surface area contributed by atoms with Crippen molar-refractivity contribution >= 4 is 11.9 Å². The summed E-state index contributed by atoms with van der Waals surface area (Å²) in [5.74, 6) is -0.865. The number of aliphatic hydroxyl groups is 4. The lowest BCUT2D eigenvalue weighted by Crippen LogP contribution is -2.59. The van der Waals surface area contributed by atoms with Gasteiger partial charge < -0.3 is 39.4 Å². The lowest BCUT2D eigenvalue weighted by Gasteiger charge is -2.39. The Bertz CT molecular complexity index is 1190. The van der Waals surface area contributed by atoms with E-state index in [9.17, 15) is 30.0 Å². The first kappa shape index (κ1) is 54.2. The summed E-state index contributed by atoms with van der Waals surface area (Å²) in [7, 11) is 0. The van der Waals surface area contributed by atoms with Crippen molar-refractivity contribution in [1.82, 2.24) is 0 Å². The van der Waals surface area contributed by atoms with Gasteiger partial charge in [-0.25, -0.2) is 0 Å². The van der Waals surface area contributed by atoms with Crippen molar-refractivity contribution < 1.29 is 49.0 Å². The Morgan fingerprint density at radius 1 is 0.542 bits per heavy atom. The molecule has 0 aromatic rings. The molecule has 1 rings (SSSR count). The molecule has 6 unspecified atom stereocenters. The third-order valence-electron chi connectivity index (χ3n) is 10.1. The van der Waals surface area contributed by atoms with E-state index in [1.165, 1.54) is 57.8 Å². The molecule has 0 saturated carbocycles. The molecule has 0 radical (unpaired) electrons. The van der Waals surface area contributed by atoms with E-state index in [2.05, 4.69) is 86.8 Å². The van der Waals surface area contributed by atoms with Gasteiger partial charge in [0.1, 0.15) is 31.0 Å². The largest absolute Gasteiger partial charge is 0.462 e. The van der Waals surface area contributed by atoms with Crippen LogP contribution in [-0.2, 0) is 28.5 Å². The van der Waals surface area contributed by atoms with Crippen LogP contribution in [0.3, 0.4) is 0 Å². The highest BCUT2D eigenvalue weighted by atomic mass is 16.7. The van der Waals surface area contributed by atoms with E-state index in [1.54, 1.807) is 0 Å². The molecule has 0 amide bonds. The first-order chi connectivity index (χ1) is 28.8. The van der Waals surface area contributed by atoms with Gasteiger partial charge in [0.15, 0.2) is 12.4 Å². The molecule has 1 aliphatic rings. The van der Waals surface area contributed by atoms with Crippen LogP contribution in [0.4, 0.5) is 0 Å². The molecule has 338 valence electrons. The van der Waals surface area contributed by atoms with Crippen LogP contribution in [0.5, 0.6) is 0 Å². The van der Waals surface area contributed by atoms with Crippen LogP contribution in [0.15, 0.2) is 72.9 Å². The summed E-state index contributed by atoms with van der Waals surface area (Å²) in [6, 6.07) is 0. The maximum atomic E-state index is 12.8. The molecule has 1 saturated heterocycles. The number of esters is 2. The highest BCUT2D eigenvalue weighted by Crippen LogP contribution is 2.22. The minimum atomic E-state index is -1.61. The number of hydrogen-bond donors (Lipinski definition) is 4. The Kier molecular flexibility index (Phi) is 36.1. The van der Waals surface area contributed by atoms with E-state index >= 15 is 0 Å². The van der Waals surface area contributed by atoms with Crippen molar-refractivity contribution in [2.45, 2.75) is 205 Å². The molecule has 0 spiro atoms. The van der Waals surface area contributed by atoms with Crippen LogP contribution in [0.25, 0.3) is 0 Å². The number of allylic oxidation sites excluding steroid dienone is 12. The number of rotatable bonds is 37. The van der Waals surface area contributed by atoms with Crippen LogP contribution in [0, 0.1) is 0 Å². The fourth-order valence-corrected chi connectivity index (χ4v) is 6.44. The highest BCUT2D eigenvalue weighted by Gasteiger charge is 2.44. The van der Waals surface area contributed by atoms with Gasteiger partial charge in [-0.15, -0.1) is 0 Å². The van der Waals surface area contributed by atoms with Gasteiger partial charge in [-0.2, -0.15) is 0 Å². The van der Waals surface area contributed by atoms with Crippen molar-refractivity contribution in [2.24, 2.45) is 0 Å². The van der Waals surface area contributed by atoms with Crippen LogP contribution < -0.4 is 0 Å². The first-order valence-electron chi connectivity index (χ1n) is 23.0. The molecule has 59 heavy (non-hydrogen) atoms. The van der Waals surface area contributed by atoms with Gasteiger partial charge in [-0.05, 0) is 83.5 Å². The second-order valence-corrected chi connectivity index (χ2v) is 15.5. The molecule has 1 heterocycles. The summed E-state index contributed by atoms with van der Waals surface area (Å²) in [5.41, 5.74) is 0. The molecule has 10 nitrogen and oxygen atoms in total. The molecule has 4 N–H and O–H groups in total. The summed E-state index contributed by atoms with van der Waals surface area (Å²) in [6.45, 7) is 3.23. The highest BCUT2D eigenvalue weighted by molar-refractivity contribution is 5.70. The SMILES string of the molecule is CC/C=C\C/C=C\C/C=C\C/C=C\CCCCC(=O)OC(COC(=O)CCCCCCCCCCC/C=C\C/C=C\CCCCC)COC1OC(CO)C(O)C(O)C1O. The Labute approximate surface area is 357 Å². The minimum Gasteiger partial charge on any atom is -0.462 e. The Balaban J connectivity index is 2.34. The van der Waals surface area contributed by atoms with Crippen molar-refractivity contribution in [3.63, 3.8) is 0 Å². The zero-order chi connectivity index (χ0) is 43.0. The lowest BCUT2D eigenvalue weighted by molar-refractivity contribution is -0.305. The van der Waals surface area contributed by atoms with E-state index in [1.807, 2.05) is 0 Å². The Morgan fingerprint density at radius 3 is 1.54 bits per heavy atom. The fourth-order valence-electron chi connectivity index (χ4n) is 6.44. The van der Waals surface area contributed by atoms with Gasteiger partial charge >= 0.3 is 11.9 Å². The van der Waals surface area contributed by atoms with E-state index < -0.39 is 55.4 Å². The molecule has 0 aliphatic carbocycles. The normalized spacial score (nSPS) is 20.7. The van der Waals surface area contributed by atoms with E-state index in [0.717, 1.165) is 70.6 Å². The standard InChI is InChI=1S/C49H82O10/c1-3-5-7-9-11-13-15-17-19-20-21-22-24-25-27-29-31-33-35-37-44(51)56-40-42(41-57-49-48(55)47(54)46(53)43(39-50)59-49)58-45(52)38-36-34-32-30-28-26-23-18-16-14-12-10-8-6-4-2/h6,8,11-14,17-19,23,28,30,42-43,46-50,53-55H,3-5,7,9-10,15-16,20-22,24-27,29,31-41H2,1-2H3/b8-6-,13-11-,14-12-,19-17-,23-18-,30-28-. The van der Waals surface area contributed by atoms with Gasteiger partial charge in [0.2, 0.25) is 0 Å². The quantitative estimate of drug-likeness (QED) is 0.0271. The number of carbonyl (C=O) groups is 2. The molecule has 10 heteroatoms. The number of ether oxygens (including phenoxy) is 4. The molecular weight excluding hydrogens is 749 g/mol. The molecule has 1 fully saturated rings. The van der Waals surface area contributed by atoms with E-state index in [0.29, 0.717) is 12.8 Å². The van der Waals surface area contributed by atoms with E-state index in [4.69, 9.17) is 18.9 Å².